The Hall–Kier alpha value is -0.160. The monoisotopic (exact) mass is 157 g/mol. The number of hydrogen-bond donors (Lipinski definition) is 0. The molecule has 0 aliphatic heterocycles. The first-order chi connectivity index (χ1) is 4.70. The molecule has 0 aromatic rings. The molecule has 0 rings (SSSR count). The maximum Gasteiger partial charge on any atom is 0.0633 e. The number of rotatable bonds is 4. The molecule has 0 amide bonds. The molecule has 0 spiro atoms. The second-order valence-corrected chi connectivity index (χ2v) is 4.41. The predicted octanol–water partition coefficient (Wildman–Crippen LogP) is 2.82. The lowest BCUT2D eigenvalue weighted by molar-refractivity contribution is 0.885. The smallest absolute Gasteiger partial charge is 0.0633 e. The van der Waals surface area contributed by atoms with E-state index in [1.165, 1.54) is 6.42 Å². The van der Waals surface area contributed by atoms with Crippen molar-refractivity contribution >= 4 is 11.8 Å². The molecule has 10 heavy (non-hydrogen) atoms. The Kier molecular flexibility index (Phi) is 5.52. The quantitative estimate of drug-likeness (QED) is 0.626. The Morgan fingerprint density at radius 1 is 1.40 bits per heavy atom. The van der Waals surface area contributed by atoms with E-state index in [2.05, 4.69) is 26.8 Å². The van der Waals surface area contributed by atoms with Crippen LogP contribution in [0.4, 0.5) is 0 Å². The third-order valence-electron chi connectivity index (χ3n) is 1.42. The van der Waals surface area contributed by atoms with Crippen molar-refractivity contribution in [2.24, 2.45) is 0 Å². The molecule has 0 radical (unpaired) electrons. The molecule has 0 aliphatic rings. The van der Waals surface area contributed by atoms with Crippen LogP contribution >= 0.6 is 11.8 Å². The summed E-state index contributed by atoms with van der Waals surface area (Å²) in [4.78, 5) is 0. The largest absolute Gasteiger partial charge is 0.198 e. The summed E-state index contributed by atoms with van der Waals surface area (Å²) in [5.74, 6) is 0. The third-order valence-corrected chi connectivity index (χ3v) is 2.85. The first-order valence-electron chi connectivity index (χ1n) is 3.73. The lowest BCUT2D eigenvalue weighted by Crippen LogP contribution is -2.02. The average Bonchev–Trinajstić information content (AvgIpc) is 1.88. The van der Waals surface area contributed by atoms with Gasteiger partial charge < -0.3 is 0 Å². The Balaban J connectivity index is 3.38. The van der Waals surface area contributed by atoms with Crippen LogP contribution in [0.25, 0.3) is 0 Å². The molecular weight excluding hydrogens is 142 g/mol. The van der Waals surface area contributed by atoms with Crippen LogP contribution in [-0.4, -0.2) is 10.5 Å². The van der Waals surface area contributed by atoms with Gasteiger partial charge in [-0.2, -0.15) is 17.0 Å². The highest BCUT2D eigenvalue weighted by Gasteiger charge is 2.05. The molecule has 0 aromatic carbocycles. The van der Waals surface area contributed by atoms with Crippen LogP contribution in [0, 0.1) is 11.3 Å². The zero-order chi connectivity index (χ0) is 7.98. The summed E-state index contributed by atoms with van der Waals surface area (Å²) in [6.45, 7) is 6.50. The van der Waals surface area contributed by atoms with E-state index in [1.54, 1.807) is 0 Å². The summed E-state index contributed by atoms with van der Waals surface area (Å²) in [7, 11) is 0. The standard InChI is InChI=1S/C8H15NS/c1-4-7(2)10-8(3)5-6-9/h7-8H,4-5H2,1-3H3. The van der Waals surface area contributed by atoms with Crippen LogP contribution in [0.5, 0.6) is 0 Å². The van der Waals surface area contributed by atoms with Crippen LogP contribution in [-0.2, 0) is 0 Å². The topological polar surface area (TPSA) is 23.8 Å². The Morgan fingerprint density at radius 3 is 2.40 bits per heavy atom. The van der Waals surface area contributed by atoms with E-state index < -0.39 is 0 Å². The first kappa shape index (κ1) is 9.84. The molecule has 58 valence electrons. The fourth-order valence-electron chi connectivity index (χ4n) is 0.669. The van der Waals surface area contributed by atoms with Crippen LogP contribution in [0.15, 0.2) is 0 Å². The van der Waals surface area contributed by atoms with Gasteiger partial charge in [-0.15, -0.1) is 0 Å². The molecule has 0 aromatic heterocycles. The van der Waals surface area contributed by atoms with Crippen molar-refractivity contribution in [3.63, 3.8) is 0 Å². The first-order valence-corrected chi connectivity index (χ1v) is 4.67. The number of hydrogen-bond acceptors (Lipinski definition) is 2. The SMILES string of the molecule is CCC(C)SC(C)CC#N. The van der Waals surface area contributed by atoms with Crippen molar-refractivity contribution in [1.82, 2.24) is 0 Å². The van der Waals surface area contributed by atoms with Gasteiger partial charge >= 0.3 is 0 Å². The van der Waals surface area contributed by atoms with Gasteiger partial charge in [0, 0.05) is 16.9 Å². The van der Waals surface area contributed by atoms with Crippen LogP contribution in [0.2, 0.25) is 0 Å². The lowest BCUT2D eigenvalue weighted by Gasteiger charge is -2.11. The normalized spacial score (nSPS) is 15.8. The predicted molar refractivity (Wildman–Crippen MR) is 47.0 cm³/mol. The molecule has 0 N–H and O–H groups in total. The molecule has 1 nitrogen and oxygen atoms in total. The van der Waals surface area contributed by atoms with E-state index in [9.17, 15) is 0 Å². The molecule has 0 heterocycles. The highest BCUT2D eigenvalue weighted by Crippen LogP contribution is 2.21. The second-order valence-electron chi connectivity index (χ2n) is 2.53. The molecule has 0 bridgehead atoms. The van der Waals surface area contributed by atoms with Gasteiger partial charge in [0.1, 0.15) is 0 Å². The van der Waals surface area contributed by atoms with Gasteiger partial charge in [-0.1, -0.05) is 20.8 Å². The van der Waals surface area contributed by atoms with Gasteiger partial charge in [-0.05, 0) is 6.42 Å². The maximum absolute atomic E-state index is 8.36. The highest BCUT2D eigenvalue weighted by atomic mass is 32.2. The molecule has 0 fully saturated rings. The van der Waals surface area contributed by atoms with Crippen molar-refractivity contribution in [3.05, 3.63) is 0 Å². The third kappa shape index (κ3) is 4.69. The summed E-state index contributed by atoms with van der Waals surface area (Å²) in [5.41, 5.74) is 0. The van der Waals surface area contributed by atoms with Crippen molar-refractivity contribution in [1.29, 1.82) is 5.26 Å². The minimum atomic E-state index is 0.500. The van der Waals surface area contributed by atoms with Gasteiger partial charge in [0.25, 0.3) is 0 Å². The maximum atomic E-state index is 8.36. The molecule has 0 aliphatic carbocycles. The van der Waals surface area contributed by atoms with Gasteiger partial charge in [0.05, 0.1) is 6.07 Å². The summed E-state index contributed by atoms with van der Waals surface area (Å²) in [6, 6.07) is 2.18. The summed E-state index contributed by atoms with van der Waals surface area (Å²) in [5, 5.41) is 9.56. The van der Waals surface area contributed by atoms with Crippen molar-refractivity contribution in [2.75, 3.05) is 0 Å². The number of thioether (sulfide) groups is 1. The molecule has 0 saturated heterocycles. The van der Waals surface area contributed by atoms with Gasteiger partial charge in [0.15, 0.2) is 0 Å². The molecule has 2 unspecified atom stereocenters. The van der Waals surface area contributed by atoms with E-state index in [1.807, 2.05) is 11.8 Å². The Bertz CT molecular complexity index is 117. The lowest BCUT2D eigenvalue weighted by atomic mass is 10.4. The number of nitrogens with zero attached hydrogens (tertiary/aromatic N) is 1. The number of nitriles is 1. The van der Waals surface area contributed by atoms with Crippen molar-refractivity contribution in [2.45, 2.75) is 44.1 Å². The summed E-state index contributed by atoms with van der Waals surface area (Å²) < 4.78 is 0. The van der Waals surface area contributed by atoms with Crippen LogP contribution in [0.1, 0.15) is 33.6 Å². The van der Waals surface area contributed by atoms with Gasteiger partial charge in [0.2, 0.25) is 0 Å². The minimum absolute atomic E-state index is 0.500. The van der Waals surface area contributed by atoms with Crippen molar-refractivity contribution < 1.29 is 0 Å². The van der Waals surface area contributed by atoms with E-state index in [4.69, 9.17) is 5.26 Å². The molecular formula is C8H15NS. The molecule has 0 saturated carbocycles. The summed E-state index contributed by atoms with van der Waals surface area (Å²) >= 11 is 1.90. The zero-order valence-corrected chi connectivity index (χ0v) is 7.74. The van der Waals surface area contributed by atoms with Crippen LogP contribution in [0.3, 0.4) is 0 Å². The highest BCUT2D eigenvalue weighted by molar-refractivity contribution is 8.00. The fraction of sp³-hybridized carbons (Fsp3) is 0.875. The van der Waals surface area contributed by atoms with E-state index in [0.717, 1.165) is 0 Å². The van der Waals surface area contributed by atoms with E-state index in [0.29, 0.717) is 16.9 Å². The van der Waals surface area contributed by atoms with E-state index >= 15 is 0 Å². The fourth-order valence-corrected chi connectivity index (χ4v) is 1.83. The Morgan fingerprint density at radius 2 is 2.00 bits per heavy atom. The van der Waals surface area contributed by atoms with Crippen molar-refractivity contribution in [3.8, 4) is 6.07 Å². The second kappa shape index (κ2) is 5.61. The minimum Gasteiger partial charge on any atom is -0.198 e. The van der Waals surface area contributed by atoms with E-state index in [-0.39, 0.29) is 0 Å². The average molecular weight is 157 g/mol. The van der Waals surface area contributed by atoms with Gasteiger partial charge in [-0.25, -0.2) is 0 Å². The Labute approximate surface area is 67.8 Å². The molecule has 2 heteroatoms. The summed E-state index contributed by atoms with van der Waals surface area (Å²) in [6.07, 6.45) is 1.87. The molecule has 2 atom stereocenters. The zero-order valence-electron chi connectivity index (χ0n) is 6.92. The van der Waals surface area contributed by atoms with Gasteiger partial charge in [-0.3, -0.25) is 0 Å². The van der Waals surface area contributed by atoms with Crippen LogP contribution < -0.4 is 0 Å².